The smallest absolute Gasteiger partial charge is 0.269 e. The van der Waals surface area contributed by atoms with Gasteiger partial charge >= 0.3 is 0 Å². The fourth-order valence-corrected chi connectivity index (χ4v) is 3.21. The molecule has 0 aliphatic carbocycles. The quantitative estimate of drug-likeness (QED) is 0.249. The lowest BCUT2D eigenvalue weighted by Gasteiger charge is -2.11. The van der Waals surface area contributed by atoms with Gasteiger partial charge in [-0.25, -0.2) is 4.98 Å². The van der Waals surface area contributed by atoms with Crippen molar-refractivity contribution in [2.45, 2.75) is 6.61 Å². The molecule has 0 fully saturated rings. The number of hydrogen-bond donors (Lipinski definition) is 1. The zero-order valence-electron chi connectivity index (χ0n) is 17.1. The van der Waals surface area contributed by atoms with E-state index in [1.807, 2.05) is 24.3 Å². The van der Waals surface area contributed by atoms with Crippen LogP contribution in [0.15, 0.2) is 66.7 Å². The number of benzene rings is 3. The molecular weight excluding hydrogens is 408 g/mol. The number of hydrogen-bond acceptors (Lipinski definition) is 6. The Kier molecular flexibility index (Phi) is 5.81. The van der Waals surface area contributed by atoms with E-state index in [9.17, 15) is 15.4 Å². The van der Waals surface area contributed by atoms with Gasteiger partial charge in [-0.3, -0.25) is 10.1 Å². The van der Waals surface area contributed by atoms with E-state index in [1.54, 1.807) is 36.4 Å². The summed E-state index contributed by atoms with van der Waals surface area (Å²) in [6.45, 7) is 0.148. The predicted molar refractivity (Wildman–Crippen MR) is 120 cm³/mol. The van der Waals surface area contributed by atoms with Gasteiger partial charge in [0, 0.05) is 12.1 Å². The highest BCUT2D eigenvalue weighted by Crippen LogP contribution is 2.30. The molecule has 8 heteroatoms. The van der Waals surface area contributed by atoms with Gasteiger partial charge < -0.3 is 14.5 Å². The average Bonchev–Trinajstić information content (AvgIpc) is 3.25. The van der Waals surface area contributed by atoms with Crippen LogP contribution in [0, 0.1) is 21.4 Å². The number of rotatable bonds is 7. The SMILES string of the molecule is COc1cc(/C=C(\C#N)c2nc3ccccc3[nH]2)ccc1OCc1cccc([N+](=O)[O-])c1. The third kappa shape index (κ3) is 4.42. The summed E-state index contributed by atoms with van der Waals surface area (Å²) < 4.78 is 11.2. The van der Waals surface area contributed by atoms with Crippen LogP contribution in [0.3, 0.4) is 0 Å². The van der Waals surface area contributed by atoms with Crippen molar-refractivity contribution >= 4 is 28.4 Å². The fourth-order valence-electron chi connectivity index (χ4n) is 3.21. The molecule has 0 unspecified atom stereocenters. The zero-order chi connectivity index (χ0) is 22.5. The van der Waals surface area contributed by atoms with Crippen LogP contribution >= 0.6 is 0 Å². The van der Waals surface area contributed by atoms with Crippen LogP contribution in [0.2, 0.25) is 0 Å². The van der Waals surface area contributed by atoms with Crippen molar-refractivity contribution in [2.24, 2.45) is 0 Å². The van der Waals surface area contributed by atoms with Gasteiger partial charge in [0.2, 0.25) is 0 Å². The number of H-pyrrole nitrogens is 1. The molecule has 0 aliphatic heterocycles. The number of methoxy groups -OCH3 is 1. The summed E-state index contributed by atoms with van der Waals surface area (Å²) in [5.74, 6) is 1.45. The molecule has 1 heterocycles. The number of nitrogens with zero attached hydrogens (tertiary/aromatic N) is 3. The van der Waals surface area contributed by atoms with E-state index in [1.165, 1.54) is 19.2 Å². The van der Waals surface area contributed by atoms with Crippen LogP contribution in [-0.4, -0.2) is 22.0 Å². The van der Waals surface area contributed by atoms with Crippen LogP contribution in [-0.2, 0) is 6.61 Å². The van der Waals surface area contributed by atoms with E-state index >= 15 is 0 Å². The zero-order valence-corrected chi connectivity index (χ0v) is 17.1. The minimum atomic E-state index is -0.444. The first-order valence-electron chi connectivity index (χ1n) is 9.68. The van der Waals surface area contributed by atoms with Crippen molar-refractivity contribution in [3.05, 3.63) is 93.8 Å². The Hall–Kier alpha value is -4.64. The normalized spacial score (nSPS) is 11.2. The highest BCUT2D eigenvalue weighted by atomic mass is 16.6. The Labute approximate surface area is 183 Å². The molecule has 0 atom stereocenters. The lowest BCUT2D eigenvalue weighted by molar-refractivity contribution is -0.384. The second-order valence-corrected chi connectivity index (χ2v) is 6.90. The Morgan fingerprint density at radius 2 is 2.00 bits per heavy atom. The van der Waals surface area contributed by atoms with E-state index in [-0.39, 0.29) is 12.3 Å². The summed E-state index contributed by atoms with van der Waals surface area (Å²) in [6, 6.07) is 21.3. The molecule has 3 aromatic carbocycles. The van der Waals surface area contributed by atoms with Crippen LogP contribution in [0.1, 0.15) is 17.0 Å². The molecule has 0 saturated carbocycles. The Morgan fingerprint density at radius 3 is 2.75 bits per heavy atom. The summed E-state index contributed by atoms with van der Waals surface area (Å²) in [5.41, 5.74) is 3.43. The average molecular weight is 426 g/mol. The van der Waals surface area contributed by atoms with Crippen LogP contribution in [0.4, 0.5) is 5.69 Å². The van der Waals surface area contributed by atoms with Crippen molar-refractivity contribution in [3.8, 4) is 17.6 Å². The van der Waals surface area contributed by atoms with E-state index in [0.717, 1.165) is 16.6 Å². The number of aromatic amines is 1. The van der Waals surface area contributed by atoms with Crippen LogP contribution in [0.5, 0.6) is 11.5 Å². The maximum absolute atomic E-state index is 10.9. The van der Waals surface area contributed by atoms with Crippen LogP contribution < -0.4 is 9.47 Å². The minimum absolute atomic E-state index is 0.00756. The molecule has 0 radical (unpaired) electrons. The molecule has 158 valence electrons. The van der Waals surface area contributed by atoms with E-state index in [4.69, 9.17) is 9.47 Å². The number of nitro benzene ring substituents is 1. The topological polar surface area (TPSA) is 114 Å². The number of non-ortho nitro benzene ring substituents is 1. The van der Waals surface area contributed by atoms with Gasteiger partial charge in [-0.2, -0.15) is 5.26 Å². The van der Waals surface area contributed by atoms with Gasteiger partial charge in [0.25, 0.3) is 5.69 Å². The first-order valence-corrected chi connectivity index (χ1v) is 9.68. The second kappa shape index (κ2) is 9.02. The monoisotopic (exact) mass is 426 g/mol. The van der Waals surface area contributed by atoms with E-state index < -0.39 is 4.92 Å². The molecule has 4 rings (SSSR count). The first-order chi connectivity index (χ1) is 15.6. The predicted octanol–water partition coefficient (Wildman–Crippen LogP) is 5.12. The number of nitrogens with one attached hydrogen (secondary N) is 1. The second-order valence-electron chi connectivity index (χ2n) is 6.90. The highest BCUT2D eigenvalue weighted by molar-refractivity contribution is 5.90. The molecule has 0 aliphatic rings. The molecule has 0 bridgehead atoms. The summed E-state index contributed by atoms with van der Waals surface area (Å²) >= 11 is 0. The van der Waals surface area contributed by atoms with Gasteiger partial charge in [-0.15, -0.1) is 0 Å². The fraction of sp³-hybridized carbons (Fsp3) is 0.0833. The summed E-state index contributed by atoms with van der Waals surface area (Å²) in [7, 11) is 1.52. The number of aromatic nitrogens is 2. The Bertz CT molecular complexity index is 1330. The lowest BCUT2D eigenvalue weighted by atomic mass is 10.1. The maximum atomic E-state index is 10.9. The molecular formula is C24H18N4O4. The van der Waals surface area contributed by atoms with Gasteiger partial charge in [-0.05, 0) is 41.5 Å². The van der Waals surface area contributed by atoms with E-state index in [2.05, 4.69) is 16.0 Å². The number of fused-ring (bicyclic) bond motifs is 1. The summed E-state index contributed by atoms with van der Waals surface area (Å²) in [5, 5.41) is 20.6. The maximum Gasteiger partial charge on any atom is 0.269 e. The third-order valence-electron chi connectivity index (χ3n) is 4.78. The number of ether oxygens (including phenoxy) is 2. The Balaban J connectivity index is 1.56. The van der Waals surface area contributed by atoms with Gasteiger partial charge in [0.15, 0.2) is 11.5 Å². The highest BCUT2D eigenvalue weighted by Gasteiger charge is 2.11. The largest absolute Gasteiger partial charge is 0.493 e. The number of allylic oxidation sites excluding steroid dienone is 1. The molecule has 4 aromatic rings. The standard InChI is InChI=1S/C24H18N4O4/c1-31-23-13-16(11-18(14-25)24-26-20-7-2-3-8-21(20)27-24)9-10-22(23)32-15-17-5-4-6-19(12-17)28(29)30/h2-13H,15H2,1H3,(H,26,27)/b18-11+. The van der Waals surface area contributed by atoms with Crippen molar-refractivity contribution in [2.75, 3.05) is 7.11 Å². The summed E-state index contributed by atoms with van der Waals surface area (Å²) in [6.07, 6.45) is 1.71. The lowest BCUT2D eigenvalue weighted by Crippen LogP contribution is -1.99. The molecule has 8 nitrogen and oxygen atoms in total. The number of imidazole rings is 1. The minimum Gasteiger partial charge on any atom is -0.493 e. The van der Waals surface area contributed by atoms with Crippen molar-refractivity contribution in [1.29, 1.82) is 5.26 Å². The molecule has 0 amide bonds. The summed E-state index contributed by atoms with van der Waals surface area (Å²) in [4.78, 5) is 18.1. The molecule has 32 heavy (non-hydrogen) atoms. The third-order valence-corrected chi connectivity index (χ3v) is 4.78. The number of nitro groups is 1. The van der Waals surface area contributed by atoms with Crippen molar-refractivity contribution in [1.82, 2.24) is 9.97 Å². The van der Waals surface area contributed by atoms with Crippen LogP contribution in [0.25, 0.3) is 22.7 Å². The molecule has 1 N–H and O–H groups in total. The molecule has 0 saturated heterocycles. The van der Waals surface area contributed by atoms with Gasteiger partial charge in [0.05, 0.1) is 28.6 Å². The Morgan fingerprint density at radius 1 is 1.16 bits per heavy atom. The van der Waals surface area contributed by atoms with Crippen molar-refractivity contribution < 1.29 is 14.4 Å². The van der Waals surface area contributed by atoms with Crippen molar-refractivity contribution in [3.63, 3.8) is 0 Å². The molecule has 0 spiro atoms. The van der Waals surface area contributed by atoms with Gasteiger partial charge in [-0.1, -0.05) is 30.3 Å². The van der Waals surface area contributed by atoms with Gasteiger partial charge in [0.1, 0.15) is 18.5 Å². The first kappa shape index (κ1) is 20.6. The number of para-hydroxylation sites is 2. The van der Waals surface area contributed by atoms with E-state index in [0.29, 0.717) is 28.5 Å². The molecule has 1 aromatic heterocycles. The number of nitriles is 1.